The first kappa shape index (κ1) is 13.7. The Labute approximate surface area is 117 Å². The van der Waals surface area contributed by atoms with Gasteiger partial charge in [-0.05, 0) is 49.8 Å². The van der Waals surface area contributed by atoms with E-state index in [9.17, 15) is 13.6 Å². The lowest BCUT2D eigenvalue weighted by Gasteiger charge is -2.24. The molecule has 2 fully saturated rings. The van der Waals surface area contributed by atoms with Crippen molar-refractivity contribution in [2.75, 3.05) is 13.1 Å². The average Bonchev–Trinajstić information content (AvgIpc) is 3.01. The summed E-state index contributed by atoms with van der Waals surface area (Å²) in [5, 5.41) is 0. The Balaban J connectivity index is 1.72. The number of rotatable bonds is 3. The number of nitrogens with zero attached hydrogens (tertiary/aromatic N) is 1. The third kappa shape index (κ3) is 2.37. The number of carbonyl (C=O) groups excluding carboxylic acids is 1. The van der Waals surface area contributed by atoms with E-state index in [0.29, 0.717) is 0 Å². The van der Waals surface area contributed by atoms with Crippen molar-refractivity contribution in [1.29, 1.82) is 0 Å². The molecule has 0 N–H and O–H groups in total. The van der Waals surface area contributed by atoms with Crippen LogP contribution in [0.5, 0.6) is 0 Å². The molecule has 0 aromatic heterocycles. The van der Waals surface area contributed by atoms with Crippen LogP contribution in [0.3, 0.4) is 0 Å². The summed E-state index contributed by atoms with van der Waals surface area (Å²) in [7, 11) is 0. The number of halogens is 2. The van der Waals surface area contributed by atoms with Crippen molar-refractivity contribution < 1.29 is 13.6 Å². The fourth-order valence-corrected chi connectivity index (χ4v) is 3.64. The summed E-state index contributed by atoms with van der Waals surface area (Å²) >= 11 is 0. The second-order valence-electron chi connectivity index (χ2n) is 6.07. The molecular formula is C16H19F2NO. The van der Waals surface area contributed by atoms with E-state index < -0.39 is 11.6 Å². The van der Waals surface area contributed by atoms with E-state index in [4.69, 9.17) is 0 Å². The highest BCUT2D eigenvalue weighted by atomic mass is 19.2. The Bertz CT molecular complexity index is 519. The van der Waals surface area contributed by atoms with Crippen LogP contribution in [0.4, 0.5) is 8.78 Å². The number of ketones is 1. The SMILES string of the molecule is CC(C(=O)c1ccc(F)c(F)c1)N1CC2CCCC2C1. The van der Waals surface area contributed by atoms with E-state index in [2.05, 4.69) is 4.90 Å². The zero-order chi connectivity index (χ0) is 14.3. The molecule has 1 saturated carbocycles. The Kier molecular flexibility index (Phi) is 3.59. The minimum absolute atomic E-state index is 0.121. The summed E-state index contributed by atoms with van der Waals surface area (Å²) in [6.07, 6.45) is 3.81. The van der Waals surface area contributed by atoms with Crippen LogP contribution in [0.2, 0.25) is 0 Å². The van der Waals surface area contributed by atoms with Crippen molar-refractivity contribution in [2.45, 2.75) is 32.2 Å². The second-order valence-corrected chi connectivity index (χ2v) is 6.07. The van der Waals surface area contributed by atoms with E-state index in [1.54, 1.807) is 0 Å². The van der Waals surface area contributed by atoms with Gasteiger partial charge in [-0.15, -0.1) is 0 Å². The van der Waals surface area contributed by atoms with Crippen LogP contribution in [0.25, 0.3) is 0 Å². The standard InChI is InChI=1S/C16H19F2NO/c1-10(19-8-12-3-2-4-13(12)9-19)16(20)11-5-6-14(17)15(18)7-11/h5-7,10,12-13H,2-4,8-9H2,1H3. The zero-order valence-corrected chi connectivity index (χ0v) is 11.6. The first-order valence-electron chi connectivity index (χ1n) is 7.29. The monoisotopic (exact) mass is 279 g/mol. The lowest BCUT2D eigenvalue weighted by Crippen LogP contribution is -2.38. The first-order chi connectivity index (χ1) is 9.56. The molecule has 1 heterocycles. The first-order valence-corrected chi connectivity index (χ1v) is 7.29. The van der Waals surface area contributed by atoms with Crippen LogP contribution in [0, 0.1) is 23.5 Å². The fourth-order valence-electron chi connectivity index (χ4n) is 3.64. The number of hydrogen-bond acceptors (Lipinski definition) is 2. The van der Waals surface area contributed by atoms with E-state index in [0.717, 1.165) is 37.1 Å². The lowest BCUT2D eigenvalue weighted by molar-refractivity contribution is 0.0857. The Morgan fingerprint density at radius 2 is 1.85 bits per heavy atom. The third-order valence-corrected chi connectivity index (χ3v) is 4.89. The second kappa shape index (κ2) is 5.24. The van der Waals surface area contributed by atoms with Crippen molar-refractivity contribution in [1.82, 2.24) is 4.90 Å². The average molecular weight is 279 g/mol. The number of hydrogen-bond donors (Lipinski definition) is 0. The van der Waals surface area contributed by atoms with E-state index in [1.807, 2.05) is 6.92 Å². The number of likely N-dealkylation sites (tertiary alicyclic amines) is 1. The molecule has 0 amide bonds. The van der Waals surface area contributed by atoms with Gasteiger partial charge in [-0.2, -0.15) is 0 Å². The maximum Gasteiger partial charge on any atom is 0.179 e. The van der Waals surface area contributed by atoms with Gasteiger partial charge < -0.3 is 0 Å². The van der Waals surface area contributed by atoms with E-state index in [-0.39, 0.29) is 17.4 Å². The predicted molar refractivity (Wildman–Crippen MR) is 72.6 cm³/mol. The maximum absolute atomic E-state index is 13.2. The highest BCUT2D eigenvalue weighted by molar-refractivity contribution is 5.99. The van der Waals surface area contributed by atoms with Crippen molar-refractivity contribution in [3.05, 3.63) is 35.4 Å². The molecule has 108 valence electrons. The number of benzene rings is 1. The van der Waals surface area contributed by atoms with Crippen LogP contribution in [-0.4, -0.2) is 29.8 Å². The molecule has 2 nitrogen and oxygen atoms in total. The number of Topliss-reactive ketones (excluding diaryl/α,β-unsaturated/α-hetero) is 1. The summed E-state index contributed by atoms with van der Waals surface area (Å²) in [4.78, 5) is 14.6. The van der Waals surface area contributed by atoms with Gasteiger partial charge in [-0.25, -0.2) is 8.78 Å². The van der Waals surface area contributed by atoms with Crippen LogP contribution in [0.1, 0.15) is 36.5 Å². The van der Waals surface area contributed by atoms with Gasteiger partial charge >= 0.3 is 0 Å². The molecule has 2 aliphatic rings. The normalized spacial score (nSPS) is 27.6. The van der Waals surface area contributed by atoms with Crippen molar-refractivity contribution >= 4 is 5.78 Å². The summed E-state index contributed by atoms with van der Waals surface area (Å²) in [5.74, 6) is -0.555. The lowest BCUT2D eigenvalue weighted by atomic mass is 10.0. The molecule has 1 aromatic rings. The molecule has 0 radical (unpaired) electrons. The van der Waals surface area contributed by atoms with Gasteiger partial charge in [-0.3, -0.25) is 9.69 Å². The molecule has 1 saturated heterocycles. The van der Waals surface area contributed by atoms with Crippen molar-refractivity contribution in [3.8, 4) is 0 Å². The van der Waals surface area contributed by atoms with Crippen LogP contribution in [0.15, 0.2) is 18.2 Å². The van der Waals surface area contributed by atoms with Gasteiger partial charge in [0, 0.05) is 18.7 Å². The Hall–Kier alpha value is -1.29. The minimum atomic E-state index is -0.957. The van der Waals surface area contributed by atoms with Gasteiger partial charge in [0.25, 0.3) is 0 Å². The summed E-state index contributed by atoms with van der Waals surface area (Å²) in [5.41, 5.74) is 0.258. The van der Waals surface area contributed by atoms with E-state index >= 15 is 0 Å². The van der Waals surface area contributed by atoms with Crippen molar-refractivity contribution in [3.63, 3.8) is 0 Å². The molecular weight excluding hydrogens is 260 g/mol. The molecule has 1 aromatic carbocycles. The molecule has 0 spiro atoms. The third-order valence-electron chi connectivity index (χ3n) is 4.89. The molecule has 1 aliphatic heterocycles. The quantitative estimate of drug-likeness (QED) is 0.791. The zero-order valence-electron chi connectivity index (χ0n) is 11.6. The van der Waals surface area contributed by atoms with Gasteiger partial charge in [0.05, 0.1) is 6.04 Å². The largest absolute Gasteiger partial charge is 0.293 e. The number of fused-ring (bicyclic) bond motifs is 1. The van der Waals surface area contributed by atoms with Crippen LogP contribution < -0.4 is 0 Å². The molecule has 3 atom stereocenters. The summed E-state index contributed by atoms with van der Waals surface area (Å²) in [6, 6.07) is 3.14. The van der Waals surface area contributed by atoms with Gasteiger partial charge in [0.1, 0.15) is 0 Å². The van der Waals surface area contributed by atoms with E-state index in [1.165, 1.54) is 25.3 Å². The number of carbonyl (C=O) groups is 1. The van der Waals surface area contributed by atoms with Crippen LogP contribution >= 0.6 is 0 Å². The molecule has 0 bridgehead atoms. The maximum atomic E-state index is 13.2. The van der Waals surface area contributed by atoms with Gasteiger partial charge in [-0.1, -0.05) is 6.42 Å². The topological polar surface area (TPSA) is 20.3 Å². The molecule has 20 heavy (non-hydrogen) atoms. The smallest absolute Gasteiger partial charge is 0.179 e. The fraction of sp³-hybridized carbons (Fsp3) is 0.562. The molecule has 4 heteroatoms. The molecule has 3 rings (SSSR count). The summed E-state index contributed by atoms with van der Waals surface area (Å²) < 4.78 is 26.2. The Morgan fingerprint density at radius 3 is 2.45 bits per heavy atom. The van der Waals surface area contributed by atoms with Gasteiger partial charge in [0.15, 0.2) is 17.4 Å². The summed E-state index contributed by atoms with van der Waals surface area (Å²) in [6.45, 7) is 3.78. The van der Waals surface area contributed by atoms with Crippen LogP contribution in [-0.2, 0) is 0 Å². The minimum Gasteiger partial charge on any atom is -0.293 e. The highest BCUT2D eigenvalue weighted by Gasteiger charge is 2.39. The molecule has 1 aliphatic carbocycles. The predicted octanol–water partition coefficient (Wildman–Crippen LogP) is 3.27. The molecule has 3 unspecified atom stereocenters. The van der Waals surface area contributed by atoms with Gasteiger partial charge in [0.2, 0.25) is 0 Å². The highest BCUT2D eigenvalue weighted by Crippen LogP contribution is 2.38. The Morgan fingerprint density at radius 1 is 1.20 bits per heavy atom. The van der Waals surface area contributed by atoms with Crippen molar-refractivity contribution in [2.24, 2.45) is 11.8 Å².